The number of rotatable bonds is 2. The summed E-state index contributed by atoms with van der Waals surface area (Å²) in [4.78, 5) is 14.0. The number of carbonyl (C=O) groups is 1. The van der Waals surface area contributed by atoms with E-state index in [0.29, 0.717) is 26.3 Å². The number of hydrogen-bond acceptors (Lipinski definition) is 2. The first-order valence-electron chi connectivity index (χ1n) is 5.77. The van der Waals surface area contributed by atoms with E-state index in [9.17, 15) is 4.79 Å². The fourth-order valence-corrected chi connectivity index (χ4v) is 2.40. The SMILES string of the molecule is CN(C(=O)c1cc(Cl)ccc1Br)c1ccccc1C#N. The minimum atomic E-state index is -0.234. The molecule has 0 unspecified atom stereocenters. The Kier molecular flexibility index (Phi) is 4.43. The van der Waals surface area contributed by atoms with E-state index in [1.807, 2.05) is 0 Å². The quantitative estimate of drug-likeness (QED) is 0.813. The van der Waals surface area contributed by atoms with Crippen LogP contribution in [0.5, 0.6) is 0 Å². The molecule has 0 aromatic heterocycles. The van der Waals surface area contributed by atoms with Gasteiger partial charge in [0.2, 0.25) is 0 Å². The Hall–Kier alpha value is -1.83. The van der Waals surface area contributed by atoms with Gasteiger partial charge in [-0.25, -0.2) is 0 Å². The molecule has 0 spiro atoms. The highest BCUT2D eigenvalue weighted by Gasteiger charge is 2.18. The third-order valence-electron chi connectivity index (χ3n) is 2.85. The first-order valence-corrected chi connectivity index (χ1v) is 6.94. The normalized spacial score (nSPS) is 9.90. The fraction of sp³-hybridized carbons (Fsp3) is 0.0667. The number of amides is 1. The summed E-state index contributed by atoms with van der Waals surface area (Å²) in [6.45, 7) is 0. The predicted octanol–water partition coefficient (Wildman–Crippen LogP) is 4.25. The first kappa shape index (κ1) is 14.6. The standard InChI is InChI=1S/C15H10BrClN2O/c1-19(14-5-3-2-4-10(14)9-18)15(20)12-8-11(17)6-7-13(12)16/h2-8H,1H3. The molecule has 3 nitrogen and oxygen atoms in total. The van der Waals surface area contributed by atoms with Gasteiger partial charge in [0, 0.05) is 16.5 Å². The lowest BCUT2D eigenvalue weighted by Gasteiger charge is -2.19. The van der Waals surface area contributed by atoms with Gasteiger partial charge in [0.15, 0.2) is 0 Å². The van der Waals surface area contributed by atoms with E-state index in [1.54, 1.807) is 49.5 Å². The summed E-state index contributed by atoms with van der Waals surface area (Å²) in [5, 5.41) is 9.58. The highest BCUT2D eigenvalue weighted by atomic mass is 79.9. The van der Waals surface area contributed by atoms with Crippen LogP contribution in [0.25, 0.3) is 0 Å². The van der Waals surface area contributed by atoms with Crippen molar-refractivity contribution in [3.63, 3.8) is 0 Å². The van der Waals surface area contributed by atoms with Gasteiger partial charge in [-0.15, -0.1) is 0 Å². The maximum atomic E-state index is 12.5. The van der Waals surface area contributed by atoms with E-state index in [0.717, 1.165) is 0 Å². The number of para-hydroxylation sites is 1. The Labute approximate surface area is 130 Å². The highest BCUT2D eigenvalue weighted by molar-refractivity contribution is 9.10. The molecule has 0 radical (unpaired) electrons. The maximum Gasteiger partial charge on any atom is 0.259 e. The summed E-state index contributed by atoms with van der Waals surface area (Å²) in [7, 11) is 1.63. The number of nitriles is 1. The first-order chi connectivity index (χ1) is 9.54. The third-order valence-corrected chi connectivity index (χ3v) is 3.78. The molecule has 20 heavy (non-hydrogen) atoms. The Balaban J connectivity index is 2.43. The molecule has 0 bridgehead atoms. The molecule has 2 aromatic rings. The van der Waals surface area contributed by atoms with Crippen LogP contribution in [0.3, 0.4) is 0 Å². The molecule has 1 amide bonds. The Morgan fingerprint density at radius 2 is 2.00 bits per heavy atom. The van der Waals surface area contributed by atoms with Gasteiger partial charge < -0.3 is 4.90 Å². The zero-order valence-corrected chi connectivity index (χ0v) is 12.9. The van der Waals surface area contributed by atoms with Gasteiger partial charge in [-0.3, -0.25) is 4.79 Å². The fourth-order valence-electron chi connectivity index (χ4n) is 1.81. The Morgan fingerprint density at radius 1 is 1.30 bits per heavy atom. The zero-order chi connectivity index (χ0) is 14.7. The molecular formula is C15H10BrClN2O. The van der Waals surface area contributed by atoms with Crippen LogP contribution < -0.4 is 4.90 Å². The third kappa shape index (κ3) is 2.84. The van der Waals surface area contributed by atoms with Crippen LogP contribution in [0.2, 0.25) is 5.02 Å². The molecular weight excluding hydrogens is 340 g/mol. The van der Waals surface area contributed by atoms with Crippen LogP contribution in [0, 0.1) is 11.3 Å². The lowest BCUT2D eigenvalue weighted by Crippen LogP contribution is -2.27. The van der Waals surface area contributed by atoms with Crippen molar-refractivity contribution < 1.29 is 4.79 Å². The molecule has 0 atom stereocenters. The van der Waals surface area contributed by atoms with Gasteiger partial charge in [-0.2, -0.15) is 5.26 Å². The topological polar surface area (TPSA) is 44.1 Å². The number of benzene rings is 2. The van der Waals surface area contributed by atoms with Crippen LogP contribution in [0.15, 0.2) is 46.9 Å². The minimum Gasteiger partial charge on any atom is -0.310 e. The van der Waals surface area contributed by atoms with Gasteiger partial charge >= 0.3 is 0 Å². The van der Waals surface area contributed by atoms with Crippen molar-refractivity contribution in [1.82, 2.24) is 0 Å². The van der Waals surface area contributed by atoms with Crippen LogP contribution in [-0.2, 0) is 0 Å². The van der Waals surface area contributed by atoms with Crippen molar-refractivity contribution in [3.8, 4) is 6.07 Å². The van der Waals surface area contributed by atoms with Crippen LogP contribution in [-0.4, -0.2) is 13.0 Å². The molecule has 0 aliphatic heterocycles. The molecule has 100 valence electrons. The zero-order valence-electron chi connectivity index (χ0n) is 10.6. The van der Waals surface area contributed by atoms with Crippen LogP contribution >= 0.6 is 27.5 Å². The van der Waals surface area contributed by atoms with E-state index in [-0.39, 0.29) is 5.91 Å². The summed E-state index contributed by atoms with van der Waals surface area (Å²) in [6.07, 6.45) is 0. The van der Waals surface area contributed by atoms with E-state index in [1.165, 1.54) is 4.90 Å². The lowest BCUT2D eigenvalue weighted by atomic mass is 10.1. The molecule has 0 saturated carbocycles. The average Bonchev–Trinajstić information content (AvgIpc) is 2.48. The smallest absolute Gasteiger partial charge is 0.259 e. The minimum absolute atomic E-state index is 0.234. The molecule has 2 rings (SSSR count). The number of anilines is 1. The molecule has 0 aliphatic carbocycles. The molecule has 2 aromatic carbocycles. The van der Waals surface area contributed by atoms with Crippen molar-refractivity contribution in [3.05, 3.63) is 63.1 Å². The number of hydrogen-bond donors (Lipinski definition) is 0. The van der Waals surface area contributed by atoms with E-state index >= 15 is 0 Å². The van der Waals surface area contributed by atoms with Gasteiger partial charge in [-0.05, 0) is 46.3 Å². The summed E-state index contributed by atoms with van der Waals surface area (Å²) < 4.78 is 0.660. The summed E-state index contributed by atoms with van der Waals surface area (Å²) in [6, 6.07) is 14.0. The van der Waals surface area contributed by atoms with Crippen LogP contribution in [0.4, 0.5) is 5.69 Å². The molecule has 0 fully saturated rings. The molecule has 5 heteroatoms. The largest absolute Gasteiger partial charge is 0.310 e. The predicted molar refractivity (Wildman–Crippen MR) is 83.0 cm³/mol. The van der Waals surface area contributed by atoms with E-state index in [4.69, 9.17) is 16.9 Å². The molecule has 0 heterocycles. The highest BCUT2D eigenvalue weighted by Crippen LogP contribution is 2.25. The number of halogens is 2. The second-order valence-corrected chi connectivity index (χ2v) is 5.41. The van der Waals surface area contributed by atoms with Gasteiger partial charge in [0.1, 0.15) is 6.07 Å². The summed E-state index contributed by atoms with van der Waals surface area (Å²) >= 11 is 9.26. The average molecular weight is 350 g/mol. The van der Waals surface area contributed by atoms with Crippen molar-refractivity contribution in [1.29, 1.82) is 5.26 Å². The van der Waals surface area contributed by atoms with Gasteiger partial charge in [0.25, 0.3) is 5.91 Å². The molecule has 0 saturated heterocycles. The Bertz CT molecular complexity index is 709. The van der Waals surface area contributed by atoms with Gasteiger partial charge in [0.05, 0.1) is 16.8 Å². The Morgan fingerprint density at radius 3 is 2.70 bits per heavy atom. The van der Waals surface area contributed by atoms with Crippen molar-refractivity contribution in [2.75, 3.05) is 11.9 Å². The van der Waals surface area contributed by atoms with E-state index in [2.05, 4.69) is 22.0 Å². The summed E-state index contributed by atoms with van der Waals surface area (Å²) in [5.74, 6) is -0.234. The number of carbonyl (C=O) groups excluding carboxylic acids is 1. The number of nitrogens with zero attached hydrogens (tertiary/aromatic N) is 2. The van der Waals surface area contributed by atoms with Gasteiger partial charge in [-0.1, -0.05) is 23.7 Å². The summed E-state index contributed by atoms with van der Waals surface area (Å²) in [5.41, 5.74) is 1.46. The van der Waals surface area contributed by atoms with Crippen molar-refractivity contribution >= 4 is 39.1 Å². The molecule has 0 aliphatic rings. The van der Waals surface area contributed by atoms with E-state index < -0.39 is 0 Å². The van der Waals surface area contributed by atoms with Crippen molar-refractivity contribution in [2.24, 2.45) is 0 Å². The van der Waals surface area contributed by atoms with Crippen molar-refractivity contribution in [2.45, 2.75) is 0 Å². The second kappa shape index (κ2) is 6.08. The molecule has 0 N–H and O–H groups in total. The van der Waals surface area contributed by atoms with Crippen LogP contribution in [0.1, 0.15) is 15.9 Å². The monoisotopic (exact) mass is 348 g/mol. The lowest BCUT2D eigenvalue weighted by molar-refractivity contribution is 0.0992. The maximum absolute atomic E-state index is 12.5. The second-order valence-electron chi connectivity index (χ2n) is 4.12.